The van der Waals surface area contributed by atoms with Crippen molar-refractivity contribution in [2.75, 3.05) is 26.2 Å². The van der Waals surface area contributed by atoms with Crippen molar-refractivity contribution >= 4 is 5.91 Å². The summed E-state index contributed by atoms with van der Waals surface area (Å²) < 4.78 is 0. The molecule has 0 aromatic rings. The molecule has 2 aliphatic heterocycles. The average Bonchev–Trinajstić information content (AvgIpc) is 2.13. The van der Waals surface area contributed by atoms with Crippen molar-refractivity contribution in [1.29, 1.82) is 0 Å². The molecule has 2 aliphatic rings. The maximum Gasteiger partial charge on any atom is 0.227 e. The van der Waals surface area contributed by atoms with Crippen LogP contribution in [0.15, 0.2) is 0 Å². The summed E-state index contributed by atoms with van der Waals surface area (Å²) >= 11 is 0. The lowest BCUT2D eigenvalue weighted by atomic mass is 9.73. The van der Waals surface area contributed by atoms with Gasteiger partial charge in [-0.3, -0.25) is 4.79 Å². The molecule has 0 aliphatic carbocycles. The third-order valence-corrected chi connectivity index (χ3v) is 3.54. The molecule has 3 heteroatoms. The monoisotopic (exact) mass is 210 g/mol. The normalized spacial score (nSPS) is 25.1. The Labute approximate surface area is 92.2 Å². The highest BCUT2D eigenvalue weighted by Crippen LogP contribution is 2.38. The minimum absolute atomic E-state index is 0.219. The van der Waals surface area contributed by atoms with Gasteiger partial charge < -0.3 is 10.2 Å². The number of rotatable bonds is 0. The smallest absolute Gasteiger partial charge is 0.227 e. The fourth-order valence-corrected chi connectivity index (χ4v) is 2.68. The summed E-state index contributed by atoms with van der Waals surface area (Å²) in [6, 6.07) is 0. The summed E-state index contributed by atoms with van der Waals surface area (Å²) in [5.41, 5.74) is 0.197. The first-order valence-electron chi connectivity index (χ1n) is 5.93. The Kier molecular flexibility index (Phi) is 2.53. The summed E-state index contributed by atoms with van der Waals surface area (Å²) in [5, 5.41) is 3.44. The van der Waals surface area contributed by atoms with Gasteiger partial charge in [-0.05, 0) is 19.4 Å². The number of hydrogen-bond acceptors (Lipinski definition) is 2. The highest BCUT2D eigenvalue weighted by atomic mass is 16.2. The molecule has 15 heavy (non-hydrogen) atoms. The van der Waals surface area contributed by atoms with Gasteiger partial charge in [0, 0.05) is 30.5 Å². The van der Waals surface area contributed by atoms with E-state index in [9.17, 15) is 4.79 Å². The summed E-state index contributed by atoms with van der Waals surface area (Å²) in [6.07, 6.45) is 2.55. The molecule has 2 heterocycles. The molecule has 0 aromatic heterocycles. The molecule has 2 saturated heterocycles. The quantitative estimate of drug-likeness (QED) is 0.652. The van der Waals surface area contributed by atoms with Gasteiger partial charge in [0.05, 0.1) is 0 Å². The Morgan fingerprint density at radius 1 is 1.33 bits per heavy atom. The van der Waals surface area contributed by atoms with Crippen LogP contribution in [0.2, 0.25) is 0 Å². The zero-order chi connectivity index (χ0) is 11.1. The molecule has 0 bridgehead atoms. The van der Waals surface area contributed by atoms with Crippen molar-refractivity contribution in [3.8, 4) is 0 Å². The van der Waals surface area contributed by atoms with Crippen LogP contribution >= 0.6 is 0 Å². The zero-order valence-corrected chi connectivity index (χ0v) is 10.1. The van der Waals surface area contributed by atoms with Crippen molar-refractivity contribution in [2.45, 2.75) is 33.6 Å². The van der Waals surface area contributed by atoms with Crippen LogP contribution in [0.25, 0.3) is 0 Å². The first-order chi connectivity index (χ1) is 6.93. The minimum atomic E-state index is -0.219. The molecule has 3 nitrogen and oxygen atoms in total. The number of amides is 1. The SMILES string of the molecule is CC(C)(C)C(=O)N1CC2(CCCNC2)C1. The third-order valence-electron chi connectivity index (χ3n) is 3.54. The van der Waals surface area contributed by atoms with Crippen LogP contribution in [0.3, 0.4) is 0 Å². The van der Waals surface area contributed by atoms with Crippen LogP contribution in [0.1, 0.15) is 33.6 Å². The molecule has 0 radical (unpaired) electrons. The molecular formula is C12H22N2O. The second kappa shape index (κ2) is 3.48. The Bertz CT molecular complexity index is 253. The Hall–Kier alpha value is -0.570. The molecule has 0 unspecified atom stereocenters. The lowest BCUT2D eigenvalue weighted by molar-refractivity contribution is -0.153. The van der Waals surface area contributed by atoms with Crippen LogP contribution in [0, 0.1) is 10.8 Å². The number of nitrogens with one attached hydrogen (secondary N) is 1. The summed E-state index contributed by atoms with van der Waals surface area (Å²) in [4.78, 5) is 14.0. The zero-order valence-electron chi connectivity index (χ0n) is 10.1. The van der Waals surface area contributed by atoms with E-state index in [1.54, 1.807) is 0 Å². The molecule has 1 amide bonds. The van der Waals surface area contributed by atoms with Gasteiger partial charge in [0.2, 0.25) is 5.91 Å². The number of carbonyl (C=O) groups is 1. The van der Waals surface area contributed by atoms with Crippen molar-refractivity contribution in [1.82, 2.24) is 10.2 Å². The molecule has 0 saturated carbocycles. The number of hydrogen-bond donors (Lipinski definition) is 1. The summed E-state index contributed by atoms with van der Waals surface area (Å²) in [7, 11) is 0. The predicted molar refractivity (Wildman–Crippen MR) is 60.6 cm³/mol. The Balaban J connectivity index is 1.89. The number of nitrogens with zero attached hydrogens (tertiary/aromatic N) is 1. The number of likely N-dealkylation sites (tertiary alicyclic amines) is 1. The highest BCUT2D eigenvalue weighted by molar-refractivity contribution is 5.82. The van der Waals surface area contributed by atoms with Gasteiger partial charge in [0.1, 0.15) is 0 Å². The summed E-state index contributed by atoms with van der Waals surface area (Å²) in [5.74, 6) is 0.304. The molecule has 2 fully saturated rings. The van der Waals surface area contributed by atoms with Gasteiger partial charge in [-0.2, -0.15) is 0 Å². The molecule has 1 N–H and O–H groups in total. The van der Waals surface area contributed by atoms with E-state index in [1.165, 1.54) is 12.8 Å². The molecule has 0 atom stereocenters. The molecule has 86 valence electrons. The molecule has 0 aromatic carbocycles. The van der Waals surface area contributed by atoms with Crippen molar-refractivity contribution in [2.24, 2.45) is 10.8 Å². The van der Waals surface area contributed by atoms with Gasteiger partial charge in [-0.25, -0.2) is 0 Å². The fraction of sp³-hybridized carbons (Fsp3) is 0.917. The van der Waals surface area contributed by atoms with Crippen molar-refractivity contribution < 1.29 is 4.79 Å². The maximum atomic E-state index is 12.0. The maximum absolute atomic E-state index is 12.0. The first kappa shape index (κ1) is 10.9. The van der Waals surface area contributed by atoms with E-state index in [0.29, 0.717) is 11.3 Å². The van der Waals surface area contributed by atoms with Crippen LogP contribution in [0.4, 0.5) is 0 Å². The Morgan fingerprint density at radius 2 is 2.00 bits per heavy atom. The standard InChI is InChI=1S/C12H22N2O/c1-11(2,3)10(15)14-8-12(9-14)5-4-6-13-7-12/h13H,4-9H2,1-3H3. The lowest BCUT2D eigenvalue weighted by Gasteiger charge is -2.53. The van der Waals surface area contributed by atoms with Crippen molar-refractivity contribution in [3.63, 3.8) is 0 Å². The van der Waals surface area contributed by atoms with Crippen LogP contribution in [-0.2, 0) is 4.79 Å². The van der Waals surface area contributed by atoms with E-state index < -0.39 is 0 Å². The molecule has 2 rings (SSSR count). The largest absolute Gasteiger partial charge is 0.341 e. The second-order valence-electron chi connectivity index (χ2n) is 6.19. The van der Waals surface area contributed by atoms with Gasteiger partial charge >= 0.3 is 0 Å². The van der Waals surface area contributed by atoms with Gasteiger partial charge in [0.15, 0.2) is 0 Å². The van der Waals surface area contributed by atoms with E-state index >= 15 is 0 Å². The topological polar surface area (TPSA) is 32.3 Å². The predicted octanol–water partition coefficient (Wildman–Crippen LogP) is 1.24. The van der Waals surface area contributed by atoms with Crippen LogP contribution < -0.4 is 5.32 Å². The first-order valence-corrected chi connectivity index (χ1v) is 5.93. The third kappa shape index (κ3) is 2.03. The van der Waals surface area contributed by atoms with E-state index in [2.05, 4.69) is 5.32 Å². The lowest BCUT2D eigenvalue weighted by Crippen LogP contribution is -2.65. The van der Waals surface area contributed by atoms with Crippen molar-refractivity contribution in [3.05, 3.63) is 0 Å². The molecular weight excluding hydrogens is 188 g/mol. The van der Waals surface area contributed by atoms with Crippen LogP contribution in [0.5, 0.6) is 0 Å². The molecule has 1 spiro atoms. The van der Waals surface area contributed by atoms with E-state index in [4.69, 9.17) is 0 Å². The van der Waals surface area contributed by atoms with Gasteiger partial charge in [-0.15, -0.1) is 0 Å². The van der Waals surface area contributed by atoms with Crippen LogP contribution in [-0.4, -0.2) is 37.0 Å². The Morgan fingerprint density at radius 3 is 2.47 bits per heavy atom. The van der Waals surface area contributed by atoms with Gasteiger partial charge in [0.25, 0.3) is 0 Å². The van der Waals surface area contributed by atoms with E-state index in [0.717, 1.165) is 26.2 Å². The highest BCUT2D eigenvalue weighted by Gasteiger charge is 2.47. The van der Waals surface area contributed by atoms with Gasteiger partial charge in [-0.1, -0.05) is 20.8 Å². The second-order valence-corrected chi connectivity index (χ2v) is 6.19. The number of carbonyl (C=O) groups excluding carboxylic acids is 1. The minimum Gasteiger partial charge on any atom is -0.341 e. The van der Waals surface area contributed by atoms with E-state index in [-0.39, 0.29) is 5.41 Å². The number of piperidine rings is 1. The fourth-order valence-electron chi connectivity index (χ4n) is 2.68. The van der Waals surface area contributed by atoms with E-state index in [1.807, 2.05) is 25.7 Å². The average molecular weight is 210 g/mol. The summed E-state index contributed by atoms with van der Waals surface area (Å²) in [6.45, 7) is 10.2.